The van der Waals surface area contributed by atoms with Crippen molar-refractivity contribution in [1.82, 2.24) is 10.3 Å². The van der Waals surface area contributed by atoms with Crippen LogP contribution in [0.25, 0.3) is 0 Å². The summed E-state index contributed by atoms with van der Waals surface area (Å²) in [5.41, 5.74) is 0. The molecule has 0 radical (unpaired) electrons. The summed E-state index contributed by atoms with van der Waals surface area (Å²) < 4.78 is 6.18. The highest BCUT2D eigenvalue weighted by molar-refractivity contribution is 7.15. The van der Waals surface area contributed by atoms with E-state index in [2.05, 4.69) is 10.3 Å². The number of hydrogen-bond donors (Lipinski definition) is 1. The summed E-state index contributed by atoms with van der Waals surface area (Å²) >= 11 is 7.19. The average molecular weight is 269 g/mol. The Kier molecular flexibility index (Phi) is 5.86. The molecule has 86 valence electrons. The van der Waals surface area contributed by atoms with E-state index in [0.29, 0.717) is 17.0 Å². The number of hydrogen-bond acceptors (Lipinski definition) is 4. The van der Waals surface area contributed by atoms with Crippen LogP contribution in [0.4, 0.5) is 0 Å². The monoisotopic (exact) mass is 268 g/mol. The second-order valence-electron chi connectivity index (χ2n) is 3.45. The maximum absolute atomic E-state index is 5.71. The Bertz CT molecular complexity index is 289. The lowest BCUT2D eigenvalue weighted by Gasteiger charge is -2.07. The molecule has 1 saturated heterocycles. The summed E-state index contributed by atoms with van der Waals surface area (Å²) in [4.78, 5) is 5.06. The van der Waals surface area contributed by atoms with Crippen LogP contribution in [0, 0.1) is 5.92 Å². The molecule has 1 aromatic rings. The van der Waals surface area contributed by atoms with Crippen LogP contribution in [0.1, 0.15) is 11.3 Å². The van der Waals surface area contributed by atoms with Gasteiger partial charge >= 0.3 is 0 Å². The molecule has 1 atom stereocenters. The van der Waals surface area contributed by atoms with Crippen LogP contribution >= 0.6 is 35.3 Å². The van der Waals surface area contributed by atoms with Gasteiger partial charge in [-0.3, -0.25) is 0 Å². The second kappa shape index (κ2) is 6.66. The SMILES string of the molecule is Cl.Clc1ncc(COCC2CCNC2)s1. The van der Waals surface area contributed by atoms with Crippen molar-refractivity contribution in [2.75, 3.05) is 19.7 Å². The molecule has 0 aliphatic carbocycles. The van der Waals surface area contributed by atoms with Gasteiger partial charge < -0.3 is 10.1 Å². The number of nitrogens with zero attached hydrogens (tertiary/aromatic N) is 1. The van der Waals surface area contributed by atoms with Crippen LogP contribution in [0.5, 0.6) is 0 Å². The predicted molar refractivity (Wildman–Crippen MR) is 65.0 cm³/mol. The number of thiazole rings is 1. The number of nitrogens with one attached hydrogen (secondary N) is 1. The van der Waals surface area contributed by atoms with E-state index in [9.17, 15) is 0 Å². The molecule has 0 aromatic carbocycles. The molecule has 2 heterocycles. The maximum atomic E-state index is 5.71. The molecular formula is C9H14Cl2N2OS. The lowest BCUT2D eigenvalue weighted by molar-refractivity contribution is 0.0942. The lowest BCUT2D eigenvalue weighted by atomic mass is 10.1. The van der Waals surface area contributed by atoms with Crippen LogP contribution in [-0.4, -0.2) is 24.7 Å². The molecule has 15 heavy (non-hydrogen) atoms. The molecule has 1 aliphatic rings. The summed E-state index contributed by atoms with van der Waals surface area (Å²) in [5, 5.41) is 3.31. The minimum atomic E-state index is 0. The van der Waals surface area contributed by atoms with E-state index in [1.807, 2.05) is 0 Å². The summed E-state index contributed by atoms with van der Waals surface area (Å²) in [5.74, 6) is 0.679. The first-order valence-electron chi connectivity index (χ1n) is 4.73. The highest BCUT2D eigenvalue weighted by Gasteiger charge is 2.14. The normalized spacial score (nSPS) is 20.2. The fraction of sp³-hybridized carbons (Fsp3) is 0.667. The highest BCUT2D eigenvalue weighted by Crippen LogP contribution is 2.19. The highest BCUT2D eigenvalue weighted by atomic mass is 35.5. The Balaban J connectivity index is 0.00000112. The third-order valence-electron chi connectivity index (χ3n) is 2.29. The molecule has 0 saturated carbocycles. The van der Waals surface area contributed by atoms with Gasteiger partial charge in [0.05, 0.1) is 18.1 Å². The predicted octanol–water partition coefficient (Wildman–Crippen LogP) is 2.34. The Morgan fingerprint density at radius 3 is 3.13 bits per heavy atom. The second-order valence-corrected chi connectivity index (χ2v) is 5.15. The molecule has 1 aliphatic heterocycles. The topological polar surface area (TPSA) is 34.1 Å². The van der Waals surface area contributed by atoms with E-state index in [4.69, 9.17) is 16.3 Å². The van der Waals surface area contributed by atoms with Crippen molar-refractivity contribution in [2.45, 2.75) is 13.0 Å². The van der Waals surface area contributed by atoms with Crippen LogP contribution in [-0.2, 0) is 11.3 Å². The van der Waals surface area contributed by atoms with Crippen molar-refractivity contribution in [3.63, 3.8) is 0 Å². The van der Waals surface area contributed by atoms with Gasteiger partial charge in [-0.15, -0.1) is 23.7 Å². The van der Waals surface area contributed by atoms with Crippen LogP contribution in [0.3, 0.4) is 0 Å². The van der Waals surface area contributed by atoms with Crippen molar-refractivity contribution in [3.05, 3.63) is 15.5 Å². The molecule has 0 bridgehead atoms. The van der Waals surface area contributed by atoms with Gasteiger partial charge in [0.2, 0.25) is 0 Å². The molecule has 3 nitrogen and oxygen atoms in total. The van der Waals surface area contributed by atoms with Crippen LogP contribution in [0.2, 0.25) is 4.47 Å². The van der Waals surface area contributed by atoms with Gasteiger partial charge in [0.1, 0.15) is 0 Å². The standard InChI is InChI=1S/C9H13ClN2OS.ClH/c10-9-12-4-8(14-9)6-13-5-7-1-2-11-3-7;/h4,7,11H,1-3,5-6H2;1H. The zero-order chi connectivity index (χ0) is 9.80. The van der Waals surface area contributed by atoms with Crippen LogP contribution in [0.15, 0.2) is 6.20 Å². The zero-order valence-electron chi connectivity index (χ0n) is 8.24. The third kappa shape index (κ3) is 4.25. The largest absolute Gasteiger partial charge is 0.376 e. The van der Waals surface area contributed by atoms with E-state index in [1.54, 1.807) is 6.20 Å². The minimum absolute atomic E-state index is 0. The van der Waals surface area contributed by atoms with E-state index < -0.39 is 0 Å². The molecule has 1 aromatic heterocycles. The van der Waals surface area contributed by atoms with Gasteiger partial charge in [-0.05, 0) is 18.9 Å². The van der Waals surface area contributed by atoms with E-state index in [0.717, 1.165) is 24.6 Å². The number of ether oxygens (including phenoxy) is 1. The summed E-state index contributed by atoms with van der Waals surface area (Å²) in [6.45, 7) is 3.69. The molecule has 2 rings (SSSR count). The Morgan fingerprint density at radius 2 is 2.53 bits per heavy atom. The Hall–Kier alpha value is 0.130. The Labute approximate surface area is 105 Å². The Morgan fingerprint density at radius 1 is 1.67 bits per heavy atom. The first-order valence-corrected chi connectivity index (χ1v) is 5.92. The van der Waals surface area contributed by atoms with Crippen LogP contribution < -0.4 is 5.32 Å². The molecule has 1 N–H and O–H groups in total. The summed E-state index contributed by atoms with van der Waals surface area (Å²) in [7, 11) is 0. The van der Waals surface area contributed by atoms with E-state index >= 15 is 0 Å². The minimum Gasteiger partial charge on any atom is -0.376 e. The molecular weight excluding hydrogens is 255 g/mol. The van der Waals surface area contributed by atoms with Gasteiger partial charge in [-0.2, -0.15) is 0 Å². The average Bonchev–Trinajstić information content (AvgIpc) is 2.77. The van der Waals surface area contributed by atoms with Gasteiger partial charge in [0.15, 0.2) is 4.47 Å². The number of rotatable bonds is 4. The fourth-order valence-corrected chi connectivity index (χ4v) is 2.45. The smallest absolute Gasteiger partial charge is 0.183 e. The van der Waals surface area contributed by atoms with Crippen molar-refractivity contribution >= 4 is 35.3 Å². The van der Waals surface area contributed by atoms with Gasteiger partial charge in [-0.25, -0.2) is 4.98 Å². The molecule has 0 amide bonds. The quantitative estimate of drug-likeness (QED) is 0.911. The molecule has 6 heteroatoms. The third-order valence-corrected chi connectivity index (χ3v) is 3.37. The van der Waals surface area contributed by atoms with Gasteiger partial charge in [0, 0.05) is 12.7 Å². The van der Waals surface area contributed by atoms with Crippen molar-refractivity contribution < 1.29 is 4.74 Å². The van der Waals surface area contributed by atoms with Gasteiger partial charge in [0.25, 0.3) is 0 Å². The van der Waals surface area contributed by atoms with Gasteiger partial charge in [-0.1, -0.05) is 11.6 Å². The molecule has 1 unspecified atom stereocenters. The maximum Gasteiger partial charge on any atom is 0.183 e. The molecule has 0 spiro atoms. The van der Waals surface area contributed by atoms with E-state index in [1.165, 1.54) is 17.8 Å². The first-order chi connectivity index (χ1) is 6.84. The van der Waals surface area contributed by atoms with Crippen molar-refractivity contribution in [1.29, 1.82) is 0 Å². The van der Waals surface area contributed by atoms with E-state index in [-0.39, 0.29) is 12.4 Å². The van der Waals surface area contributed by atoms with Crippen molar-refractivity contribution in [2.24, 2.45) is 5.92 Å². The zero-order valence-corrected chi connectivity index (χ0v) is 10.6. The summed E-state index contributed by atoms with van der Waals surface area (Å²) in [6, 6.07) is 0. The number of halogens is 2. The first kappa shape index (κ1) is 13.2. The summed E-state index contributed by atoms with van der Waals surface area (Å²) in [6.07, 6.45) is 3.00. The molecule has 1 fully saturated rings. The number of aromatic nitrogens is 1. The fourth-order valence-electron chi connectivity index (χ4n) is 1.53. The lowest BCUT2D eigenvalue weighted by Crippen LogP contribution is -2.13. The van der Waals surface area contributed by atoms with Crippen molar-refractivity contribution in [3.8, 4) is 0 Å².